The number of aliphatic hydroxyl groups excluding tert-OH is 1. The van der Waals surface area contributed by atoms with E-state index in [2.05, 4.69) is 31.7 Å². The third kappa shape index (κ3) is 4.76. The van der Waals surface area contributed by atoms with E-state index in [9.17, 15) is 14.7 Å². The lowest BCUT2D eigenvalue weighted by atomic mass is 9.84. The first kappa shape index (κ1) is 24.1. The number of benzene rings is 1. The highest BCUT2D eigenvalue weighted by Gasteiger charge is 2.32. The summed E-state index contributed by atoms with van der Waals surface area (Å²) in [4.78, 5) is 27.8. The predicted octanol–water partition coefficient (Wildman–Crippen LogP) is 3.63. The minimum Gasteiger partial charge on any atom is -0.370 e. The molecule has 186 valence electrons. The number of fused-ring (bicyclic) bond motifs is 1. The Bertz CT molecular complexity index is 1220. The Hall–Kier alpha value is -2.65. The van der Waals surface area contributed by atoms with Gasteiger partial charge in [0.05, 0.1) is 23.3 Å². The number of nitrogens with one attached hydrogen (secondary N) is 2. The van der Waals surface area contributed by atoms with Gasteiger partial charge in [0.1, 0.15) is 6.23 Å². The molecule has 8 nitrogen and oxygen atoms in total. The normalized spacial score (nSPS) is 21.5. The molecule has 2 fully saturated rings. The summed E-state index contributed by atoms with van der Waals surface area (Å²) in [5.74, 6) is 0.339. The summed E-state index contributed by atoms with van der Waals surface area (Å²) in [7, 11) is 0. The fourth-order valence-corrected chi connectivity index (χ4v) is 5.76. The standard InChI is InChI=1S/C26H32BrN5O3/c1-15-10-16(2)30-25(34)21(15)13-28-24(33)20-11-18(27)12-23-22(20)14-29-32(23)19-6-8-31(9-7-19)26(35)17-4-3-5-17/h10-12,14,17,19,25,30,34H,3-9,13H2,1-2H3,(H,28,33). The average Bonchev–Trinajstić information content (AvgIpc) is 3.20. The zero-order chi connectivity index (χ0) is 24.7. The predicted molar refractivity (Wildman–Crippen MR) is 138 cm³/mol. The molecule has 3 heterocycles. The van der Waals surface area contributed by atoms with Crippen molar-refractivity contribution in [1.29, 1.82) is 0 Å². The second kappa shape index (κ2) is 9.78. The monoisotopic (exact) mass is 541 g/mol. The number of hydrogen-bond acceptors (Lipinski definition) is 5. The first-order valence-corrected chi connectivity index (χ1v) is 13.2. The molecular weight excluding hydrogens is 510 g/mol. The second-order valence-corrected chi connectivity index (χ2v) is 10.8. The van der Waals surface area contributed by atoms with Crippen molar-refractivity contribution in [2.75, 3.05) is 19.6 Å². The Labute approximate surface area is 213 Å². The van der Waals surface area contributed by atoms with Crippen molar-refractivity contribution in [2.24, 2.45) is 5.92 Å². The van der Waals surface area contributed by atoms with Crippen LogP contribution in [0, 0.1) is 5.92 Å². The molecule has 0 radical (unpaired) electrons. The molecule has 2 aromatic rings. The summed E-state index contributed by atoms with van der Waals surface area (Å²) in [5.41, 5.74) is 4.03. The van der Waals surface area contributed by atoms with Gasteiger partial charge in [0.2, 0.25) is 5.91 Å². The van der Waals surface area contributed by atoms with Crippen LogP contribution < -0.4 is 10.6 Å². The number of hydrogen-bond donors (Lipinski definition) is 3. The molecule has 0 bridgehead atoms. The van der Waals surface area contributed by atoms with Crippen molar-refractivity contribution in [1.82, 2.24) is 25.3 Å². The van der Waals surface area contributed by atoms with Gasteiger partial charge in [-0.25, -0.2) is 0 Å². The van der Waals surface area contributed by atoms with Crippen LogP contribution in [0.4, 0.5) is 0 Å². The van der Waals surface area contributed by atoms with E-state index in [1.165, 1.54) is 6.42 Å². The van der Waals surface area contributed by atoms with Crippen LogP contribution in [0.3, 0.4) is 0 Å². The highest BCUT2D eigenvalue weighted by atomic mass is 79.9. The molecule has 35 heavy (non-hydrogen) atoms. The highest BCUT2D eigenvalue weighted by molar-refractivity contribution is 9.10. The third-order valence-electron chi connectivity index (χ3n) is 7.58. The van der Waals surface area contributed by atoms with Gasteiger partial charge in [-0.3, -0.25) is 14.3 Å². The van der Waals surface area contributed by atoms with Crippen molar-refractivity contribution in [3.8, 4) is 0 Å². The molecule has 1 unspecified atom stereocenters. The SMILES string of the molecule is CC1=CC(C)=C(CNC(=O)c2cc(Br)cc3c2cnn3C2CCN(C(=O)C3CCC3)CC2)C(O)N1. The maximum atomic E-state index is 13.2. The molecule has 2 aliphatic heterocycles. The van der Waals surface area contributed by atoms with Crippen LogP contribution in [0.1, 0.15) is 62.4 Å². The number of amides is 2. The first-order chi connectivity index (χ1) is 16.8. The highest BCUT2D eigenvalue weighted by Crippen LogP contribution is 2.33. The Morgan fingerprint density at radius 3 is 2.60 bits per heavy atom. The number of aromatic nitrogens is 2. The third-order valence-corrected chi connectivity index (χ3v) is 8.03. The van der Waals surface area contributed by atoms with Crippen LogP contribution in [-0.4, -0.2) is 57.5 Å². The molecule has 1 aromatic carbocycles. The molecule has 2 amide bonds. The Kier molecular flexibility index (Phi) is 6.72. The number of carbonyl (C=O) groups excluding carboxylic acids is 2. The van der Waals surface area contributed by atoms with Gasteiger partial charge >= 0.3 is 0 Å². The van der Waals surface area contributed by atoms with Crippen LogP contribution in [-0.2, 0) is 4.79 Å². The number of carbonyl (C=O) groups is 2. The van der Waals surface area contributed by atoms with Crippen molar-refractivity contribution in [3.63, 3.8) is 0 Å². The number of rotatable bonds is 5. The van der Waals surface area contributed by atoms with Crippen molar-refractivity contribution < 1.29 is 14.7 Å². The molecule has 1 saturated carbocycles. The molecule has 1 aromatic heterocycles. The van der Waals surface area contributed by atoms with E-state index in [4.69, 9.17) is 0 Å². The molecule has 3 N–H and O–H groups in total. The maximum absolute atomic E-state index is 13.2. The fourth-order valence-electron chi connectivity index (χ4n) is 5.32. The van der Waals surface area contributed by atoms with E-state index in [1.807, 2.05) is 41.6 Å². The topological polar surface area (TPSA) is 99.5 Å². The van der Waals surface area contributed by atoms with Gasteiger partial charge in [-0.05, 0) is 63.3 Å². The van der Waals surface area contributed by atoms with E-state index in [0.29, 0.717) is 11.5 Å². The lowest BCUT2D eigenvalue weighted by Crippen LogP contribution is -2.43. The Balaban J connectivity index is 1.31. The first-order valence-electron chi connectivity index (χ1n) is 12.4. The number of piperidine rings is 1. The number of halogens is 1. The Morgan fingerprint density at radius 1 is 1.20 bits per heavy atom. The van der Waals surface area contributed by atoms with Gasteiger partial charge in [-0.1, -0.05) is 22.4 Å². The van der Waals surface area contributed by atoms with E-state index in [0.717, 1.165) is 71.0 Å². The van der Waals surface area contributed by atoms with Gasteiger partial charge in [0.25, 0.3) is 5.91 Å². The second-order valence-electron chi connectivity index (χ2n) is 9.92. The molecule has 3 aliphatic rings. The van der Waals surface area contributed by atoms with Crippen molar-refractivity contribution >= 4 is 38.6 Å². The van der Waals surface area contributed by atoms with E-state index in [1.54, 1.807) is 6.20 Å². The minimum atomic E-state index is -0.812. The van der Waals surface area contributed by atoms with Gasteiger partial charge in [0, 0.05) is 46.7 Å². The van der Waals surface area contributed by atoms with E-state index < -0.39 is 6.23 Å². The van der Waals surface area contributed by atoms with Crippen LogP contribution in [0.25, 0.3) is 10.9 Å². The summed E-state index contributed by atoms with van der Waals surface area (Å²) < 4.78 is 2.82. The Morgan fingerprint density at radius 2 is 1.94 bits per heavy atom. The number of aliphatic hydroxyl groups is 1. The zero-order valence-electron chi connectivity index (χ0n) is 20.2. The summed E-state index contributed by atoms with van der Waals surface area (Å²) in [5, 5.41) is 21.8. The smallest absolute Gasteiger partial charge is 0.252 e. The average molecular weight is 542 g/mol. The van der Waals surface area contributed by atoms with Crippen molar-refractivity contribution in [3.05, 3.63) is 51.3 Å². The molecule has 1 atom stereocenters. The summed E-state index contributed by atoms with van der Waals surface area (Å²) >= 11 is 3.57. The van der Waals surface area contributed by atoms with Crippen molar-refractivity contribution in [2.45, 2.75) is 58.2 Å². The van der Waals surface area contributed by atoms with E-state index >= 15 is 0 Å². The maximum Gasteiger partial charge on any atom is 0.252 e. The van der Waals surface area contributed by atoms with Crippen LogP contribution in [0.15, 0.2) is 45.7 Å². The molecule has 1 saturated heterocycles. The zero-order valence-corrected chi connectivity index (χ0v) is 21.8. The largest absolute Gasteiger partial charge is 0.370 e. The van der Waals surface area contributed by atoms with Gasteiger partial charge in [0.15, 0.2) is 0 Å². The number of allylic oxidation sites excluding steroid dienone is 3. The molecular formula is C26H32BrN5O3. The van der Waals surface area contributed by atoms with Crippen LogP contribution >= 0.6 is 15.9 Å². The lowest BCUT2D eigenvalue weighted by Gasteiger charge is -2.36. The molecule has 0 spiro atoms. The van der Waals surface area contributed by atoms with Gasteiger partial charge < -0.3 is 20.6 Å². The number of likely N-dealkylation sites (tertiary alicyclic amines) is 1. The van der Waals surface area contributed by atoms with Crippen LogP contribution in [0.2, 0.25) is 0 Å². The number of nitrogens with zero attached hydrogens (tertiary/aromatic N) is 3. The lowest BCUT2D eigenvalue weighted by molar-refractivity contribution is -0.139. The quantitative estimate of drug-likeness (QED) is 0.536. The summed E-state index contributed by atoms with van der Waals surface area (Å²) in [6.07, 6.45) is 7.85. The van der Waals surface area contributed by atoms with E-state index in [-0.39, 0.29) is 24.4 Å². The summed E-state index contributed by atoms with van der Waals surface area (Å²) in [6, 6.07) is 4.00. The minimum absolute atomic E-state index is 0.189. The van der Waals surface area contributed by atoms with Gasteiger partial charge in [-0.15, -0.1) is 0 Å². The number of dihydropyridines is 1. The van der Waals surface area contributed by atoms with Crippen LogP contribution in [0.5, 0.6) is 0 Å². The molecule has 9 heteroatoms. The molecule has 5 rings (SSSR count). The van der Waals surface area contributed by atoms with Gasteiger partial charge in [-0.2, -0.15) is 5.10 Å². The summed E-state index contributed by atoms with van der Waals surface area (Å²) in [6.45, 7) is 5.58. The fraction of sp³-hybridized carbons (Fsp3) is 0.500. The molecule has 1 aliphatic carbocycles.